The van der Waals surface area contributed by atoms with Crippen molar-refractivity contribution < 1.29 is 8.42 Å². The van der Waals surface area contributed by atoms with Crippen molar-refractivity contribution in [1.82, 2.24) is 4.72 Å². The topological polar surface area (TPSA) is 70.0 Å². The lowest BCUT2D eigenvalue weighted by molar-refractivity contribution is 0.574. The van der Waals surface area contributed by atoms with Crippen LogP contribution in [0.5, 0.6) is 0 Å². The molecule has 0 saturated carbocycles. The van der Waals surface area contributed by atoms with E-state index in [1.807, 2.05) is 6.26 Å². The van der Waals surface area contributed by atoms with Gasteiger partial charge >= 0.3 is 0 Å². The van der Waals surface area contributed by atoms with Crippen molar-refractivity contribution in [2.45, 2.75) is 13.0 Å². The van der Waals surface area contributed by atoms with Gasteiger partial charge in [-0.2, -0.15) is 17.0 Å². The van der Waals surface area contributed by atoms with Crippen LogP contribution in [0.1, 0.15) is 6.92 Å². The molecule has 0 aliphatic rings. The second kappa shape index (κ2) is 5.41. The Labute approximate surface area is 77.4 Å². The van der Waals surface area contributed by atoms with Gasteiger partial charge < -0.3 is 0 Å². The molecule has 0 aromatic carbocycles. The predicted octanol–water partition coefficient (Wildman–Crippen LogP) is 0.181. The highest BCUT2D eigenvalue weighted by Crippen LogP contribution is 1.97. The van der Waals surface area contributed by atoms with E-state index in [2.05, 4.69) is 4.72 Å². The number of hydrogen-bond acceptors (Lipinski definition) is 4. The van der Waals surface area contributed by atoms with E-state index in [1.165, 1.54) is 0 Å². The van der Waals surface area contributed by atoms with Gasteiger partial charge in [0.25, 0.3) is 0 Å². The summed E-state index contributed by atoms with van der Waals surface area (Å²) in [5.74, 6) is 0.246. The van der Waals surface area contributed by atoms with Crippen LogP contribution >= 0.6 is 11.8 Å². The highest BCUT2D eigenvalue weighted by atomic mass is 32.2. The predicted molar refractivity (Wildman–Crippen MR) is 50.4 cm³/mol. The maximum atomic E-state index is 11.0. The van der Waals surface area contributed by atoms with Gasteiger partial charge in [-0.3, -0.25) is 0 Å². The highest BCUT2D eigenvalue weighted by Gasteiger charge is 2.12. The van der Waals surface area contributed by atoms with E-state index < -0.39 is 15.8 Å². The van der Waals surface area contributed by atoms with Crippen LogP contribution in [0.4, 0.5) is 0 Å². The molecule has 0 aliphatic heterocycles. The number of nitrogens with zero attached hydrogens (tertiary/aromatic N) is 1. The van der Waals surface area contributed by atoms with Crippen LogP contribution in [0.2, 0.25) is 0 Å². The average molecular weight is 208 g/mol. The summed E-state index contributed by atoms with van der Waals surface area (Å²) in [4.78, 5) is 0. The molecule has 0 rings (SSSR count). The van der Waals surface area contributed by atoms with Gasteiger partial charge in [-0.25, -0.2) is 13.1 Å². The maximum absolute atomic E-state index is 11.0. The van der Waals surface area contributed by atoms with E-state index in [9.17, 15) is 8.42 Å². The molecule has 1 N–H and O–H groups in total. The van der Waals surface area contributed by atoms with E-state index in [4.69, 9.17) is 5.26 Å². The quantitative estimate of drug-likeness (QED) is 0.699. The molecule has 70 valence electrons. The standard InChI is InChI=1S/C6H12N2O2S2/c1-6(5-11-2)8-12(9,10)4-3-7/h6,8H,4-5H2,1-2H3. The minimum atomic E-state index is -3.38. The molecule has 0 saturated heterocycles. The maximum Gasteiger partial charge on any atom is 0.225 e. The van der Waals surface area contributed by atoms with Crippen molar-refractivity contribution in [2.75, 3.05) is 17.8 Å². The largest absolute Gasteiger partial charge is 0.225 e. The summed E-state index contributed by atoms with van der Waals surface area (Å²) in [6, 6.07) is 1.49. The van der Waals surface area contributed by atoms with Crippen molar-refractivity contribution >= 4 is 21.8 Å². The average Bonchev–Trinajstić information content (AvgIpc) is 1.85. The summed E-state index contributed by atoms with van der Waals surface area (Å²) in [6.45, 7) is 1.77. The molecule has 6 heteroatoms. The molecular formula is C6H12N2O2S2. The van der Waals surface area contributed by atoms with Crippen LogP contribution < -0.4 is 4.72 Å². The third kappa shape index (κ3) is 5.41. The Morgan fingerprint density at radius 3 is 2.67 bits per heavy atom. The van der Waals surface area contributed by atoms with Crippen molar-refractivity contribution in [3.05, 3.63) is 0 Å². The van der Waals surface area contributed by atoms with Crippen molar-refractivity contribution in [3.63, 3.8) is 0 Å². The van der Waals surface area contributed by atoms with E-state index in [0.717, 1.165) is 0 Å². The Morgan fingerprint density at radius 1 is 1.67 bits per heavy atom. The summed E-state index contributed by atoms with van der Waals surface area (Å²) in [6.07, 6.45) is 1.90. The summed E-state index contributed by atoms with van der Waals surface area (Å²) in [7, 11) is -3.38. The Bertz CT molecular complexity index is 255. The minimum absolute atomic E-state index is 0.113. The fourth-order valence-electron chi connectivity index (χ4n) is 0.717. The van der Waals surface area contributed by atoms with Gasteiger partial charge in [-0.05, 0) is 13.2 Å². The monoisotopic (exact) mass is 208 g/mol. The Morgan fingerprint density at radius 2 is 2.25 bits per heavy atom. The number of nitriles is 1. The van der Waals surface area contributed by atoms with Crippen LogP contribution in [-0.4, -0.2) is 32.2 Å². The molecule has 0 bridgehead atoms. The van der Waals surface area contributed by atoms with Gasteiger partial charge in [0, 0.05) is 11.8 Å². The molecule has 0 amide bonds. The second-order valence-corrected chi connectivity index (χ2v) is 5.06. The second-order valence-electron chi connectivity index (χ2n) is 2.39. The molecule has 0 spiro atoms. The van der Waals surface area contributed by atoms with E-state index in [0.29, 0.717) is 5.75 Å². The number of nitrogens with one attached hydrogen (secondary N) is 1. The summed E-state index contributed by atoms with van der Waals surface area (Å²) in [5, 5.41) is 8.17. The lowest BCUT2D eigenvalue weighted by Gasteiger charge is -2.10. The fourth-order valence-corrected chi connectivity index (χ4v) is 2.36. The zero-order valence-electron chi connectivity index (χ0n) is 7.07. The van der Waals surface area contributed by atoms with Gasteiger partial charge in [-0.15, -0.1) is 0 Å². The van der Waals surface area contributed by atoms with E-state index in [1.54, 1.807) is 24.8 Å². The smallest absolute Gasteiger partial charge is 0.211 e. The van der Waals surface area contributed by atoms with Gasteiger partial charge in [0.15, 0.2) is 5.75 Å². The van der Waals surface area contributed by atoms with Crippen molar-refractivity contribution in [2.24, 2.45) is 0 Å². The van der Waals surface area contributed by atoms with Crippen LogP contribution in [-0.2, 0) is 10.0 Å². The van der Waals surface area contributed by atoms with Crippen molar-refractivity contribution in [3.8, 4) is 6.07 Å². The molecule has 12 heavy (non-hydrogen) atoms. The molecule has 0 heterocycles. The molecule has 0 radical (unpaired) electrons. The summed E-state index contributed by atoms with van der Waals surface area (Å²) in [5.41, 5.74) is 0. The number of thioether (sulfide) groups is 1. The van der Waals surface area contributed by atoms with E-state index >= 15 is 0 Å². The molecule has 0 aliphatic carbocycles. The molecule has 1 unspecified atom stereocenters. The molecule has 1 atom stereocenters. The zero-order chi connectivity index (χ0) is 9.61. The lowest BCUT2D eigenvalue weighted by Crippen LogP contribution is -2.35. The van der Waals surface area contributed by atoms with Crippen molar-refractivity contribution in [1.29, 1.82) is 5.26 Å². The third-order valence-electron chi connectivity index (χ3n) is 1.05. The molecule has 0 aromatic heterocycles. The first-order valence-corrected chi connectivity index (χ1v) is 6.42. The Kier molecular flexibility index (Phi) is 5.29. The molecule has 0 aromatic rings. The number of rotatable bonds is 5. The van der Waals surface area contributed by atoms with Crippen LogP contribution in [0, 0.1) is 11.3 Å². The molecule has 4 nitrogen and oxygen atoms in total. The third-order valence-corrected chi connectivity index (χ3v) is 3.16. The van der Waals surface area contributed by atoms with Gasteiger partial charge in [0.1, 0.15) is 0 Å². The normalized spacial score (nSPS) is 13.8. The first kappa shape index (κ1) is 11.8. The summed E-state index contributed by atoms with van der Waals surface area (Å²) < 4.78 is 24.3. The number of hydrogen-bond donors (Lipinski definition) is 1. The van der Waals surface area contributed by atoms with E-state index in [-0.39, 0.29) is 6.04 Å². The Hall–Kier alpha value is -0.250. The van der Waals surface area contributed by atoms with Crippen LogP contribution in [0.3, 0.4) is 0 Å². The van der Waals surface area contributed by atoms with Crippen LogP contribution in [0.25, 0.3) is 0 Å². The first-order valence-electron chi connectivity index (χ1n) is 3.37. The van der Waals surface area contributed by atoms with Gasteiger partial charge in [0.2, 0.25) is 10.0 Å². The van der Waals surface area contributed by atoms with Crippen LogP contribution in [0.15, 0.2) is 0 Å². The zero-order valence-corrected chi connectivity index (χ0v) is 8.70. The van der Waals surface area contributed by atoms with Gasteiger partial charge in [-0.1, -0.05) is 0 Å². The molecular weight excluding hydrogens is 196 g/mol. The summed E-state index contributed by atoms with van der Waals surface area (Å²) >= 11 is 1.56. The lowest BCUT2D eigenvalue weighted by atomic mass is 10.4. The fraction of sp³-hybridized carbons (Fsp3) is 0.833. The van der Waals surface area contributed by atoms with Gasteiger partial charge in [0.05, 0.1) is 6.07 Å². The SMILES string of the molecule is CSCC(C)NS(=O)(=O)CC#N. The highest BCUT2D eigenvalue weighted by molar-refractivity contribution is 7.98. The molecule has 0 fully saturated rings. The first-order chi connectivity index (χ1) is 5.52. The Balaban J connectivity index is 3.99. The minimum Gasteiger partial charge on any atom is -0.211 e. The number of sulfonamides is 1.